The summed E-state index contributed by atoms with van der Waals surface area (Å²) in [6, 6.07) is 4.26. The number of aromatic nitrogens is 2. The molecule has 0 radical (unpaired) electrons. The van der Waals surface area contributed by atoms with Crippen LogP contribution in [-0.4, -0.2) is 36.7 Å². The van der Waals surface area contributed by atoms with Crippen LogP contribution in [0, 0.1) is 0 Å². The van der Waals surface area contributed by atoms with Crippen molar-refractivity contribution in [3.8, 4) is 0 Å². The lowest BCUT2D eigenvalue weighted by Crippen LogP contribution is -2.30. The first kappa shape index (κ1) is 19.1. The number of rotatable bonds is 5. The van der Waals surface area contributed by atoms with Crippen LogP contribution in [0.4, 0.5) is 36.2 Å². The van der Waals surface area contributed by atoms with Crippen LogP contribution in [0.5, 0.6) is 0 Å². The number of sulfonamides is 1. The van der Waals surface area contributed by atoms with E-state index in [-0.39, 0.29) is 23.4 Å². The van der Waals surface area contributed by atoms with Gasteiger partial charge in [-0.1, -0.05) is 10.2 Å². The van der Waals surface area contributed by atoms with Gasteiger partial charge in [0.1, 0.15) is 5.69 Å². The summed E-state index contributed by atoms with van der Waals surface area (Å²) in [5.74, 6) is 0. The lowest BCUT2D eigenvalue weighted by Gasteiger charge is -2.24. The fourth-order valence-corrected chi connectivity index (χ4v) is 3.27. The quantitative estimate of drug-likeness (QED) is 0.760. The van der Waals surface area contributed by atoms with Gasteiger partial charge in [-0.05, 0) is 38.0 Å². The molecule has 1 aliphatic rings. The first-order chi connectivity index (χ1) is 12.7. The molecule has 1 N–H and O–H groups in total. The first-order valence-electron chi connectivity index (χ1n) is 7.85. The summed E-state index contributed by atoms with van der Waals surface area (Å²) in [6.07, 6.45) is 2.87. The van der Waals surface area contributed by atoms with Crippen molar-refractivity contribution in [2.45, 2.75) is 31.3 Å². The smallest absolute Gasteiger partial charge is 0.408 e. The number of hydrogen-bond acceptors (Lipinski definition) is 8. The molecule has 1 aromatic carbocycles. The largest absolute Gasteiger partial charge is 0.516 e. The second kappa shape index (κ2) is 7.13. The van der Waals surface area contributed by atoms with Gasteiger partial charge in [0, 0.05) is 18.3 Å². The lowest BCUT2D eigenvalue weighted by atomic mass is 10.2. The molecular formula is C14H15F3N6O3S. The summed E-state index contributed by atoms with van der Waals surface area (Å²) in [4.78, 5) is 1.98. The highest BCUT2D eigenvalue weighted by Gasteiger charge is 2.46. The fourth-order valence-electron chi connectivity index (χ4n) is 2.70. The Balaban J connectivity index is 1.99. The highest BCUT2D eigenvalue weighted by molar-refractivity contribution is 7.93. The average molecular weight is 404 g/mol. The van der Waals surface area contributed by atoms with Gasteiger partial charge in [0.2, 0.25) is 6.39 Å². The van der Waals surface area contributed by atoms with Crippen molar-refractivity contribution in [2.75, 3.05) is 16.2 Å². The van der Waals surface area contributed by atoms with E-state index in [1.165, 1.54) is 16.9 Å². The van der Waals surface area contributed by atoms with E-state index < -0.39 is 15.5 Å². The van der Waals surface area contributed by atoms with Gasteiger partial charge in [-0.15, -0.1) is 10.2 Å². The minimum Gasteiger partial charge on any atom is -0.408 e. The highest BCUT2D eigenvalue weighted by atomic mass is 32.2. The van der Waals surface area contributed by atoms with Gasteiger partial charge >= 0.3 is 21.5 Å². The molecule has 0 spiro atoms. The van der Waals surface area contributed by atoms with Gasteiger partial charge in [-0.3, -0.25) is 4.72 Å². The molecule has 0 amide bonds. The molecule has 1 atom stereocenters. The van der Waals surface area contributed by atoms with E-state index in [2.05, 4.69) is 20.4 Å². The molecule has 9 nitrogen and oxygen atoms in total. The standard InChI is InChI=1S/C14H15F3N6O3S/c1-9-3-2-6-23(9)10-4-5-11(19-21-13-20-18-8-26-13)12(7-10)22-27(24,25)14(15,16)17/h4-5,7-9,22H,2-3,6H2,1H3. The molecule has 0 aliphatic carbocycles. The maximum atomic E-state index is 12.8. The zero-order valence-electron chi connectivity index (χ0n) is 14.0. The van der Waals surface area contributed by atoms with Gasteiger partial charge in [0.15, 0.2) is 0 Å². The monoisotopic (exact) mass is 404 g/mol. The van der Waals surface area contributed by atoms with Crippen molar-refractivity contribution in [3.05, 3.63) is 24.6 Å². The zero-order valence-corrected chi connectivity index (χ0v) is 14.8. The molecule has 2 heterocycles. The van der Waals surface area contributed by atoms with Crippen LogP contribution in [0.2, 0.25) is 0 Å². The number of azo groups is 1. The van der Waals surface area contributed by atoms with Gasteiger partial charge in [0.05, 0.1) is 5.69 Å². The Bertz CT molecular complexity index is 930. The van der Waals surface area contributed by atoms with E-state index in [0.29, 0.717) is 5.69 Å². The normalized spacial score (nSPS) is 18.4. The van der Waals surface area contributed by atoms with Crippen molar-refractivity contribution in [2.24, 2.45) is 10.2 Å². The topological polar surface area (TPSA) is 113 Å². The average Bonchev–Trinajstić information content (AvgIpc) is 3.23. The Kier molecular flexibility index (Phi) is 5.04. The van der Waals surface area contributed by atoms with Gasteiger partial charge in [-0.25, -0.2) is 0 Å². The predicted molar refractivity (Wildman–Crippen MR) is 89.6 cm³/mol. The number of hydrogen-bond donors (Lipinski definition) is 1. The summed E-state index contributed by atoms with van der Waals surface area (Å²) in [7, 11) is -5.62. The second-order valence-corrected chi connectivity index (χ2v) is 7.53. The Morgan fingerprint density at radius 3 is 2.70 bits per heavy atom. The van der Waals surface area contributed by atoms with Crippen LogP contribution in [0.3, 0.4) is 0 Å². The second-order valence-electron chi connectivity index (χ2n) is 5.86. The van der Waals surface area contributed by atoms with Crippen LogP contribution >= 0.6 is 0 Å². The number of nitrogens with zero attached hydrogens (tertiary/aromatic N) is 5. The lowest BCUT2D eigenvalue weighted by molar-refractivity contribution is -0.0429. The van der Waals surface area contributed by atoms with Crippen LogP contribution in [0.25, 0.3) is 0 Å². The number of halogens is 3. The summed E-state index contributed by atoms with van der Waals surface area (Å²) in [5, 5.41) is 14.2. The molecule has 0 bridgehead atoms. The molecule has 1 aliphatic heterocycles. The minimum atomic E-state index is -5.62. The third-order valence-electron chi connectivity index (χ3n) is 4.01. The molecule has 2 aromatic rings. The molecule has 1 fully saturated rings. The molecule has 1 aromatic heterocycles. The number of anilines is 2. The van der Waals surface area contributed by atoms with Crippen molar-refractivity contribution in [1.82, 2.24) is 10.2 Å². The molecule has 13 heteroatoms. The summed E-state index contributed by atoms with van der Waals surface area (Å²) >= 11 is 0. The van der Waals surface area contributed by atoms with Crippen LogP contribution in [0.15, 0.2) is 39.2 Å². The Morgan fingerprint density at radius 2 is 2.11 bits per heavy atom. The molecule has 0 saturated carbocycles. The molecule has 27 heavy (non-hydrogen) atoms. The van der Waals surface area contributed by atoms with Crippen molar-refractivity contribution in [3.63, 3.8) is 0 Å². The van der Waals surface area contributed by atoms with E-state index >= 15 is 0 Å². The first-order valence-corrected chi connectivity index (χ1v) is 9.33. The third-order valence-corrected chi connectivity index (χ3v) is 5.10. The van der Waals surface area contributed by atoms with E-state index in [1.807, 2.05) is 11.8 Å². The number of alkyl halides is 3. The molecule has 3 rings (SSSR count). The number of nitrogens with one attached hydrogen (secondary N) is 1. The maximum Gasteiger partial charge on any atom is 0.516 e. The minimum absolute atomic E-state index is 0.128. The molecule has 146 valence electrons. The van der Waals surface area contributed by atoms with Crippen LogP contribution < -0.4 is 9.62 Å². The van der Waals surface area contributed by atoms with E-state index in [0.717, 1.165) is 25.8 Å². The highest BCUT2D eigenvalue weighted by Crippen LogP contribution is 2.36. The molecule has 1 unspecified atom stereocenters. The summed E-state index contributed by atoms with van der Waals surface area (Å²) in [6.45, 7) is 2.70. The molecule has 1 saturated heterocycles. The fraction of sp³-hybridized carbons (Fsp3) is 0.429. The van der Waals surface area contributed by atoms with E-state index in [1.54, 1.807) is 6.07 Å². The van der Waals surface area contributed by atoms with Crippen molar-refractivity contribution >= 4 is 33.1 Å². The number of benzene rings is 1. The van der Waals surface area contributed by atoms with Gasteiger partial charge < -0.3 is 9.32 Å². The summed E-state index contributed by atoms with van der Waals surface area (Å²) in [5.41, 5.74) is -5.37. The van der Waals surface area contributed by atoms with Crippen LogP contribution in [0.1, 0.15) is 19.8 Å². The predicted octanol–water partition coefficient (Wildman–Crippen LogP) is 3.74. The third kappa shape index (κ3) is 4.18. The Labute approximate surface area is 152 Å². The van der Waals surface area contributed by atoms with E-state index in [9.17, 15) is 21.6 Å². The van der Waals surface area contributed by atoms with Gasteiger partial charge in [-0.2, -0.15) is 21.6 Å². The van der Waals surface area contributed by atoms with Crippen molar-refractivity contribution < 1.29 is 26.0 Å². The Hall–Kier alpha value is -2.70. The molecular weight excluding hydrogens is 389 g/mol. The van der Waals surface area contributed by atoms with Crippen molar-refractivity contribution in [1.29, 1.82) is 0 Å². The zero-order chi connectivity index (χ0) is 19.7. The maximum absolute atomic E-state index is 12.8. The van der Waals surface area contributed by atoms with Crippen LogP contribution in [-0.2, 0) is 10.0 Å². The van der Waals surface area contributed by atoms with E-state index in [4.69, 9.17) is 4.42 Å². The SMILES string of the molecule is CC1CCCN1c1ccc(N=Nc2nnco2)c(NS(=O)(=O)C(F)(F)F)c1. The van der Waals surface area contributed by atoms with Gasteiger partial charge in [0.25, 0.3) is 0 Å². The summed E-state index contributed by atoms with van der Waals surface area (Å²) < 4.78 is 67.7. The Morgan fingerprint density at radius 1 is 1.33 bits per heavy atom.